The highest BCUT2D eigenvalue weighted by Crippen LogP contribution is 2.45. The maximum atomic E-state index is 13.4. The number of fused-ring (bicyclic) bond motifs is 5. The molecule has 2 heterocycles. The van der Waals surface area contributed by atoms with Gasteiger partial charge in [0.2, 0.25) is 0 Å². The molecule has 2 aliphatic heterocycles. The fraction of sp³-hybridized carbons (Fsp3) is 0.300. The van der Waals surface area contributed by atoms with Gasteiger partial charge in [-0.25, -0.2) is 4.79 Å². The number of piperidine rings is 1. The first-order valence-corrected chi connectivity index (χ1v) is 12.9. The van der Waals surface area contributed by atoms with Crippen LogP contribution in [0.1, 0.15) is 53.9 Å². The molecule has 2 atom stereocenters. The summed E-state index contributed by atoms with van der Waals surface area (Å²) in [6.07, 6.45) is -0.0161. The third-order valence-electron chi connectivity index (χ3n) is 7.82. The van der Waals surface area contributed by atoms with Gasteiger partial charge in [-0.15, -0.1) is 0 Å². The van der Waals surface area contributed by atoms with Gasteiger partial charge in [-0.1, -0.05) is 66.2 Å². The van der Waals surface area contributed by atoms with E-state index in [0.29, 0.717) is 12.0 Å². The smallest absolute Gasteiger partial charge is 0.416 e. The Morgan fingerprint density at radius 3 is 2.27 bits per heavy atom. The molecule has 2 bridgehead atoms. The van der Waals surface area contributed by atoms with Crippen LogP contribution in [0, 0.1) is 0 Å². The molecule has 1 aliphatic carbocycles. The van der Waals surface area contributed by atoms with Crippen molar-refractivity contribution in [1.29, 1.82) is 0 Å². The number of rotatable bonds is 3. The quantitative estimate of drug-likeness (QED) is 0.345. The molecule has 1 amide bonds. The van der Waals surface area contributed by atoms with E-state index < -0.39 is 11.7 Å². The van der Waals surface area contributed by atoms with E-state index in [9.17, 15) is 18.0 Å². The molecule has 190 valence electrons. The van der Waals surface area contributed by atoms with Crippen molar-refractivity contribution in [3.8, 4) is 11.1 Å². The van der Waals surface area contributed by atoms with E-state index in [4.69, 9.17) is 16.3 Å². The highest BCUT2D eigenvalue weighted by atomic mass is 35.5. The van der Waals surface area contributed by atoms with E-state index in [2.05, 4.69) is 24.3 Å². The fourth-order valence-electron chi connectivity index (χ4n) is 6.13. The van der Waals surface area contributed by atoms with E-state index in [1.54, 1.807) is 4.90 Å². The minimum atomic E-state index is -4.45. The van der Waals surface area contributed by atoms with E-state index in [0.717, 1.165) is 48.1 Å². The molecule has 7 heteroatoms. The second-order valence-electron chi connectivity index (χ2n) is 9.95. The molecule has 3 nitrogen and oxygen atoms in total. The van der Waals surface area contributed by atoms with Crippen molar-refractivity contribution in [3.63, 3.8) is 0 Å². The second kappa shape index (κ2) is 9.25. The van der Waals surface area contributed by atoms with Gasteiger partial charge in [-0.3, -0.25) is 4.90 Å². The Hall–Kier alpha value is -3.25. The number of benzene rings is 3. The van der Waals surface area contributed by atoms with Gasteiger partial charge in [0.15, 0.2) is 0 Å². The molecule has 3 aliphatic rings. The largest absolute Gasteiger partial charge is 0.448 e. The van der Waals surface area contributed by atoms with Gasteiger partial charge >= 0.3 is 12.3 Å². The van der Waals surface area contributed by atoms with Gasteiger partial charge in [-0.05, 0) is 77.3 Å². The Balaban J connectivity index is 1.23. The Morgan fingerprint density at radius 1 is 0.946 bits per heavy atom. The molecule has 2 unspecified atom stereocenters. The second-order valence-corrected chi connectivity index (χ2v) is 10.4. The number of nitrogens with zero attached hydrogens (tertiary/aromatic N) is 1. The van der Waals surface area contributed by atoms with Gasteiger partial charge in [0.25, 0.3) is 0 Å². The normalized spacial score (nSPS) is 20.8. The monoisotopic (exact) mass is 523 g/mol. The van der Waals surface area contributed by atoms with Crippen molar-refractivity contribution in [2.24, 2.45) is 0 Å². The number of hydrogen-bond donors (Lipinski definition) is 0. The average molecular weight is 524 g/mol. The number of alkyl halides is 3. The summed E-state index contributed by atoms with van der Waals surface area (Å²) in [5.41, 5.74) is 5.05. The van der Waals surface area contributed by atoms with E-state index in [1.165, 1.54) is 17.2 Å². The van der Waals surface area contributed by atoms with Crippen molar-refractivity contribution in [3.05, 3.63) is 100 Å². The molecule has 0 spiro atoms. The summed E-state index contributed by atoms with van der Waals surface area (Å²) in [6, 6.07) is 19.4. The molecule has 0 aromatic heterocycles. The first kappa shape index (κ1) is 24.1. The van der Waals surface area contributed by atoms with E-state index in [-0.39, 0.29) is 35.7 Å². The third-order valence-corrected chi connectivity index (χ3v) is 8.15. The molecular formula is C30H25ClF3NO2. The number of ether oxygens (including phenoxy) is 1. The summed E-state index contributed by atoms with van der Waals surface area (Å²) in [6.45, 7) is 0.235. The lowest BCUT2D eigenvalue weighted by atomic mass is 9.83. The maximum absolute atomic E-state index is 13.4. The highest BCUT2D eigenvalue weighted by Gasteiger charge is 2.40. The van der Waals surface area contributed by atoms with Gasteiger partial charge in [0.05, 0.1) is 11.6 Å². The standard InChI is InChI=1S/C30H25ClF3NO2/c31-28-13-12-19(30(32,33)34)16-26(28)18-14-20-6-5-7-21(15-18)35(20)29(36)37-17-27-24-10-3-1-8-22(24)23-9-2-4-11-25(23)27/h1-4,8-14,16,20-21,27H,5-7,15,17H2. The minimum Gasteiger partial charge on any atom is -0.448 e. The molecule has 37 heavy (non-hydrogen) atoms. The van der Waals surface area contributed by atoms with Crippen LogP contribution in [0.5, 0.6) is 0 Å². The molecule has 0 saturated carbocycles. The van der Waals surface area contributed by atoms with Gasteiger partial charge in [-0.2, -0.15) is 13.2 Å². The van der Waals surface area contributed by atoms with Gasteiger partial charge in [0.1, 0.15) is 6.61 Å². The summed E-state index contributed by atoms with van der Waals surface area (Å²) in [4.78, 5) is 15.2. The van der Waals surface area contributed by atoms with Gasteiger partial charge in [0, 0.05) is 17.0 Å². The molecular weight excluding hydrogens is 499 g/mol. The van der Waals surface area contributed by atoms with Crippen LogP contribution in [-0.4, -0.2) is 29.7 Å². The average Bonchev–Trinajstić information content (AvgIpc) is 3.20. The van der Waals surface area contributed by atoms with Crippen LogP contribution in [-0.2, 0) is 10.9 Å². The van der Waals surface area contributed by atoms with E-state index >= 15 is 0 Å². The minimum absolute atomic E-state index is 0.0315. The van der Waals surface area contributed by atoms with Crippen molar-refractivity contribution in [1.82, 2.24) is 4.90 Å². The first-order valence-electron chi connectivity index (χ1n) is 12.5. The predicted molar refractivity (Wildman–Crippen MR) is 137 cm³/mol. The Bertz CT molecular complexity index is 1350. The first-order chi connectivity index (χ1) is 17.8. The summed E-state index contributed by atoms with van der Waals surface area (Å²) in [5, 5.41) is 0.284. The van der Waals surface area contributed by atoms with Crippen molar-refractivity contribution < 1.29 is 22.7 Å². The van der Waals surface area contributed by atoms with Crippen LogP contribution in [0.25, 0.3) is 16.7 Å². The maximum Gasteiger partial charge on any atom is 0.416 e. The number of carbonyl (C=O) groups excluding carboxylic acids is 1. The highest BCUT2D eigenvalue weighted by molar-refractivity contribution is 6.32. The molecule has 0 radical (unpaired) electrons. The Labute approximate surface area is 218 Å². The summed E-state index contributed by atoms with van der Waals surface area (Å²) in [7, 11) is 0. The molecule has 6 rings (SSSR count). The lowest BCUT2D eigenvalue weighted by molar-refractivity contribution is -0.137. The zero-order chi connectivity index (χ0) is 25.7. The number of halogens is 4. The van der Waals surface area contributed by atoms with Crippen molar-refractivity contribution in [2.45, 2.75) is 49.9 Å². The topological polar surface area (TPSA) is 29.5 Å². The zero-order valence-electron chi connectivity index (χ0n) is 20.0. The van der Waals surface area contributed by atoms with Crippen LogP contribution < -0.4 is 0 Å². The van der Waals surface area contributed by atoms with Crippen LogP contribution >= 0.6 is 11.6 Å². The Kier molecular flexibility index (Phi) is 6.03. The van der Waals surface area contributed by atoms with Crippen LogP contribution in [0.2, 0.25) is 5.02 Å². The Morgan fingerprint density at radius 2 is 1.62 bits per heavy atom. The summed E-state index contributed by atoms with van der Waals surface area (Å²) >= 11 is 6.33. The number of hydrogen-bond acceptors (Lipinski definition) is 2. The zero-order valence-corrected chi connectivity index (χ0v) is 20.7. The van der Waals surface area contributed by atoms with E-state index in [1.807, 2.05) is 30.3 Å². The molecule has 3 aromatic rings. The van der Waals surface area contributed by atoms with Crippen molar-refractivity contribution >= 4 is 23.3 Å². The molecule has 3 aromatic carbocycles. The fourth-order valence-corrected chi connectivity index (χ4v) is 6.37. The molecule has 0 N–H and O–H groups in total. The van der Waals surface area contributed by atoms with Crippen LogP contribution in [0.3, 0.4) is 0 Å². The predicted octanol–water partition coefficient (Wildman–Crippen LogP) is 8.32. The SMILES string of the molecule is O=C(OCC1c2ccccc2-c2ccccc21)N1C2C=C(c3cc(C(F)(F)F)ccc3Cl)CC1CCC2. The van der Waals surface area contributed by atoms with Gasteiger partial charge < -0.3 is 4.74 Å². The number of carbonyl (C=O) groups is 1. The molecule has 1 saturated heterocycles. The lowest BCUT2D eigenvalue weighted by Gasteiger charge is -2.44. The van der Waals surface area contributed by atoms with Crippen LogP contribution in [0.4, 0.5) is 18.0 Å². The summed E-state index contributed by atoms with van der Waals surface area (Å²) < 4.78 is 45.9. The third kappa shape index (κ3) is 4.31. The summed E-state index contributed by atoms with van der Waals surface area (Å²) in [5.74, 6) is -0.0315. The van der Waals surface area contributed by atoms with Crippen LogP contribution in [0.15, 0.2) is 72.8 Å². The molecule has 1 fully saturated rings. The van der Waals surface area contributed by atoms with Crippen molar-refractivity contribution in [2.75, 3.05) is 6.61 Å². The number of amides is 1. The lowest BCUT2D eigenvalue weighted by Crippen LogP contribution is -2.51.